The molecule has 1 N–H and O–H groups in total. The Hall–Kier alpha value is -1.82. The Morgan fingerprint density at radius 1 is 1.47 bits per heavy atom. The van der Waals surface area contributed by atoms with E-state index in [2.05, 4.69) is 4.98 Å². The first-order chi connectivity index (χ1) is 9.04. The standard InChI is InChI=1S/C13H16N2O3S/c1-15(5-6-19-2)13(18)11-7-10(8-14-9-11)3-4-12(16)17/h3-4,7-9H,5-6H2,1-2H3,(H,16,17)/b4-3+. The molecule has 1 rings (SSSR count). The summed E-state index contributed by atoms with van der Waals surface area (Å²) in [6.07, 6.45) is 7.40. The third kappa shape index (κ3) is 5.13. The fraction of sp³-hybridized carbons (Fsp3) is 0.308. The number of carbonyl (C=O) groups is 2. The van der Waals surface area contributed by atoms with Gasteiger partial charge >= 0.3 is 5.97 Å². The number of aliphatic carboxylic acids is 1. The van der Waals surface area contributed by atoms with Crippen molar-refractivity contribution in [2.75, 3.05) is 25.6 Å². The van der Waals surface area contributed by atoms with Crippen LogP contribution in [-0.4, -0.2) is 52.5 Å². The van der Waals surface area contributed by atoms with E-state index in [1.807, 2.05) is 6.26 Å². The minimum absolute atomic E-state index is 0.118. The van der Waals surface area contributed by atoms with Crippen molar-refractivity contribution in [1.29, 1.82) is 0 Å². The molecule has 0 aliphatic rings. The zero-order chi connectivity index (χ0) is 14.3. The van der Waals surface area contributed by atoms with Gasteiger partial charge in [0, 0.05) is 37.8 Å². The Bertz CT molecular complexity index is 489. The van der Waals surface area contributed by atoms with Gasteiger partial charge < -0.3 is 10.0 Å². The number of hydrogen-bond acceptors (Lipinski definition) is 4. The normalized spacial score (nSPS) is 10.6. The molecule has 1 amide bonds. The van der Waals surface area contributed by atoms with Gasteiger partial charge in [0.2, 0.25) is 0 Å². The summed E-state index contributed by atoms with van der Waals surface area (Å²) < 4.78 is 0. The lowest BCUT2D eigenvalue weighted by Crippen LogP contribution is -2.29. The summed E-state index contributed by atoms with van der Waals surface area (Å²) in [5.74, 6) is -0.283. The number of carbonyl (C=O) groups excluding carboxylic acids is 1. The van der Waals surface area contributed by atoms with Crippen molar-refractivity contribution < 1.29 is 14.7 Å². The van der Waals surface area contributed by atoms with Crippen LogP contribution in [0.15, 0.2) is 24.5 Å². The Morgan fingerprint density at radius 2 is 2.21 bits per heavy atom. The van der Waals surface area contributed by atoms with Crippen molar-refractivity contribution in [2.45, 2.75) is 0 Å². The van der Waals surface area contributed by atoms with E-state index >= 15 is 0 Å². The van der Waals surface area contributed by atoms with E-state index in [1.165, 1.54) is 18.5 Å². The number of carboxylic acid groups (broad SMARTS) is 1. The van der Waals surface area contributed by atoms with Crippen LogP contribution in [0.25, 0.3) is 6.08 Å². The lowest BCUT2D eigenvalue weighted by Gasteiger charge is -2.16. The summed E-state index contributed by atoms with van der Waals surface area (Å²) >= 11 is 1.67. The molecule has 0 fully saturated rings. The van der Waals surface area contributed by atoms with Crippen molar-refractivity contribution >= 4 is 29.7 Å². The first kappa shape index (κ1) is 15.2. The average molecular weight is 280 g/mol. The first-order valence-corrected chi connectivity index (χ1v) is 7.04. The Morgan fingerprint density at radius 3 is 2.84 bits per heavy atom. The largest absolute Gasteiger partial charge is 0.478 e. The quantitative estimate of drug-likeness (QED) is 0.802. The van der Waals surface area contributed by atoms with Crippen LogP contribution in [0.1, 0.15) is 15.9 Å². The number of thioether (sulfide) groups is 1. The second-order valence-electron chi connectivity index (χ2n) is 3.90. The smallest absolute Gasteiger partial charge is 0.328 e. The monoisotopic (exact) mass is 280 g/mol. The number of pyridine rings is 1. The topological polar surface area (TPSA) is 70.5 Å². The van der Waals surface area contributed by atoms with Crippen LogP contribution in [0.2, 0.25) is 0 Å². The fourth-order valence-electron chi connectivity index (χ4n) is 1.38. The number of hydrogen-bond donors (Lipinski definition) is 1. The van der Waals surface area contributed by atoms with Gasteiger partial charge in [-0.2, -0.15) is 11.8 Å². The van der Waals surface area contributed by atoms with Gasteiger partial charge in [-0.3, -0.25) is 9.78 Å². The number of rotatable bonds is 6. The number of nitrogens with zero attached hydrogens (tertiary/aromatic N) is 2. The minimum Gasteiger partial charge on any atom is -0.478 e. The fourth-order valence-corrected chi connectivity index (χ4v) is 1.84. The van der Waals surface area contributed by atoms with Crippen LogP contribution in [-0.2, 0) is 4.79 Å². The molecule has 0 atom stereocenters. The maximum atomic E-state index is 12.1. The molecule has 0 radical (unpaired) electrons. The highest BCUT2D eigenvalue weighted by Gasteiger charge is 2.11. The van der Waals surface area contributed by atoms with Crippen LogP contribution in [0.5, 0.6) is 0 Å². The third-order valence-corrected chi connectivity index (χ3v) is 2.99. The Balaban J connectivity index is 2.80. The molecule has 0 spiro atoms. The van der Waals surface area contributed by atoms with Crippen molar-refractivity contribution in [1.82, 2.24) is 9.88 Å². The van der Waals surface area contributed by atoms with Crippen LogP contribution >= 0.6 is 11.8 Å². The van der Waals surface area contributed by atoms with Crippen molar-refractivity contribution in [2.24, 2.45) is 0 Å². The molecule has 0 aliphatic heterocycles. The van der Waals surface area contributed by atoms with Crippen molar-refractivity contribution in [3.63, 3.8) is 0 Å². The van der Waals surface area contributed by atoms with Crippen LogP contribution < -0.4 is 0 Å². The second kappa shape index (κ2) is 7.58. The predicted molar refractivity (Wildman–Crippen MR) is 76.2 cm³/mol. The Labute approximate surface area is 116 Å². The van der Waals surface area contributed by atoms with Crippen molar-refractivity contribution in [3.8, 4) is 0 Å². The first-order valence-electron chi connectivity index (χ1n) is 5.65. The summed E-state index contributed by atoms with van der Waals surface area (Å²) in [5, 5.41) is 8.55. The summed E-state index contributed by atoms with van der Waals surface area (Å²) in [6, 6.07) is 1.63. The lowest BCUT2D eigenvalue weighted by atomic mass is 10.2. The van der Waals surface area contributed by atoms with E-state index in [1.54, 1.807) is 29.8 Å². The van der Waals surface area contributed by atoms with E-state index in [-0.39, 0.29) is 5.91 Å². The van der Waals surface area contributed by atoms with E-state index in [0.29, 0.717) is 17.7 Å². The molecule has 0 bridgehead atoms. The minimum atomic E-state index is -1.03. The SMILES string of the molecule is CSCCN(C)C(=O)c1cncc(/C=C/C(=O)O)c1. The highest BCUT2D eigenvalue weighted by molar-refractivity contribution is 7.98. The molecule has 1 aromatic heterocycles. The molecular formula is C13H16N2O3S. The molecule has 0 saturated carbocycles. The van der Waals surface area contributed by atoms with Crippen molar-refractivity contribution in [3.05, 3.63) is 35.7 Å². The summed E-state index contributed by atoms with van der Waals surface area (Å²) in [7, 11) is 1.73. The Kier molecular flexibility index (Phi) is 6.08. The molecule has 19 heavy (non-hydrogen) atoms. The molecule has 102 valence electrons. The molecule has 6 heteroatoms. The van der Waals surface area contributed by atoms with Gasteiger partial charge in [-0.25, -0.2) is 4.79 Å². The summed E-state index contributed by atoms with van der Waals surface area (Å²) in [6.45, 7) is 0.662. The molecule has 0 unspecified atom stereocenters. The van der Waals surface area contributed by atoms with Gasteiger partial charge in [-0.05, 0) is 24.0 Å². The molecule has 0 saturated heterocycles. The predicted octanol–water partition coefficient (Wildman–Crippen LogP) is 1.61. The maximum Gasteiger partial charge on any atom is 0.328 e. The summed E-state index contributed by atoms with van der Waals surface area (Å²) in [4.78, 5) is 28.1. The molecular weight excluding hydrogens is 264 g/mol. The highest BCUT2D eigenvalue weighted by Crippen LogP contribution is 2.08. The third-order valence-electron chi connectivity index (χ3n) is 2.40. The molecule has 5 nitrogen and oxygen atoms in total. The van der Waals surface area contributed by atoms with Gasteiger partial charge in [0.25, 0.3) is 5.91 Å². The van der Waals surface area contributed by atoms with Gasteiger partial charge in [-0.1, -0.05) is 0 Å². The van der Waals surface area contributed by atoms with E-state index in [4.69, 9.17) is 5.11 Å². The van der Waals surface area contributed by atoms with E-state index in [0.717, 1.165) is 11.8 Å². The van der Waals surface area contributed by atoms with E-state index < -0.39 is 5.97 Å². The number of aromatic nitrogens is 1. The van der Waals surface area contributed by atoms with Gasteiger partial charge in [-0.15, -0.1) is 0 Å². The van der Waals surface area contributed by atoms with Gasteiger partial charge in [0.1, 0.15) is 0 Å². The molecule has 1 aromatic rings. The van der Waals surface area contributed by atoms with Crippen LogP contribution in [0.3, 0.4) is 0 Å². The molecule has 0 aromatic carbocycles. The van der Waals surface area contributed by atoms with E-state index in [9.17, 15) is 9.59 Å². The second-order valence-corrected chi connectivity index (χ2v) is 4.88. The molecule has 1 heterocycles. The van der Waals surface area contributed by atoms with Gasteiger partial charge in [0.05, 0.1) is 5.56 Å². The molecule has 0 aliphatic carbocycles. The number of carboxylic acids is 1. The zero-order valence-electron chi connectivity index (χ0n) is 10.9. The zero-order valence-corrected chi connectivity index (χ0v) is 11.7. The van der Waals surface area contributed by atoms with Crippen LogP contribution in [0.4, 0.5) is 0 Å². The van der Waals surface area contributed by atoms with Crippen LogP contribution in [0, 0.1) is 0 Å². The van der Waals surface area contributed by atoms with Gasteiger partial charge in [0.15, 0.2) is 0 Å². The average Bonchev–Trinajstić information content (AvgIpc) is 2.42. The summed E-state index contributed by atoms with van der Waals surface area (Å²) in [5.41, 5.74) is 1.04. The number of amides is 1. The maximum absolute atomic E-state index is 12.1. The lowest BCUT2D eigenvalue weighted by molar-refractivity contribution is -0.131. The highest BCUT2D eigenvalue weighted by atomic mass is 32.2.